The maximum atomic E-state index is 12.3. The normalized spacial score (nSPS) is 13.9. The van der Waals surface area contributed by atoms with Crippen molar-refractivity contribution in [1.29, 1.82) is 0 Å². The van der Waals surface area contributed by atoms with Crippen molar-refractivity contribution in [3.05, 3.63) is 29.8 Å². The number of carbonyl (C=O) groups is 3. The molecule has 0 atom stereocenters. The number of esters is 1. The fraction of sp³-hybridized carbons (Fsp3) is 0.571. The molecule has 1 aromatic rings. The molecule has 0 aromatic heterocycles. The quantitative estimate of drug-likeness (QED) is 0.477. The first-order valence-corrected chi connectivity index (χ1v) is 9.90. The SMILES string of the molecule is CCOC(=O)CCC(=O)N1CCN(C(=O)CCCOc2ccc(C)cc2)CC1. The van der Waals surface area contributed by atoms with Gasteiger partial charge in [0, 0.05) is 39.0 Å². The molecule has 0 aliphatic carbocycles. The van der Waals surface area contributed by atoms with Crippen molar-refractivity contribution in [3.63, 3.8) is 0 Å². The Bertz CT molecular complexity index is 651. The first kappa shape index (κ1) is 21.7. The van der Waals surface area contributed by atoms with Crippen molar-refractivity contribution in [2.45, 2.75) is 39.5 Å². The number of ether oxygens (including phenoxy) is 2. The summed E-state index contributed by atoms with van der Waals surface area (Å²) in [5.41, 5.74) is 1.18. The lowest BCUT2D eigenvalue weighted by Crippen LogP contribution is -2.50. The summed E-state index contributed by atoms with van der Waals surface area (Å²) in [6.07, 6.45) is 1.35. The van der Waals surface area contributed by atoms with Gasteiger partial charge < -0.3 is 19.3 Å². The Morgan fingerprint density at radius 2 is 1.46 bits per heavy atom. The molecule has 0 radical (unpaired) electrons. The summed E-state index contributed by atoms with van der Waals surface area (Å²) in [6, 6.07) is 7.84. The van der Waals surface area contributed by atoms with E-state index >= 15 is 0 Å². The van der Waals surface area contributed by atoms with Gasteiger partial charge in [0.2, 0.25) is 11.8 Å². The molecule has 1 saturated heterocycles. The predicted molar refractivity (Wildman–Crippen MR) is 105 cm³/mol. The molecule has 1 aromatic carbocycles. The van der Waals surface area contributed by atoms with Gasteiger partial charge in [-0.2, -0.15) is 0 Å². The van der Waals surface area contributed by atoms with Crippen LogP contribution >= 0.6 is 0 Å². The molecule has 0 unspecified atom stereocenters. The minimum Gasteiger partial charge on any atom is -0.494 e. The third-order valence-electron chi connectivity index (χ3n) is 4.66. The van der Waals surface area contributed by atoms with Gasteiger partial charge in [-0.1, -0.05) is 17.7 Å². The lowest BCUT2D eigenvalue weighted by Gasteiger charge is -2.35. The lowest BCUT2D eigenvalue weighted by atomic mass is 10.2. The minimum absolute atomic E-state index is 0.0633. The molecule has 1 heterocycles. The van der Waals surface area contributed by atoms with Gasteiger partial charge in [-0.3, -0.25) is 14.4 Å². The van der Waals surface area contributed by atoms with Crippen LogP contribution in [-0.2, 0) is 19.1 Å². The number of rotatable bonds is 9. The van der Waals surface area contributed by atoms with Crippen molar-refractivity contribution in [3.8, 4) is 5.75 Å². The lowest BCUT2D eigenvalue weighted by molar-refractivity contribution is -0.146. The summed E-state index contributed by atoms with van der Waals surface area (Å²) in [7, 11) is 0. The first-order valence-electron chi connectivity index (χ1n) is 9.90. The van der Waals surface area contributed by atoms with Gasteiger partial charge in [0.1, 0.15) is 5.75 Å². The van der Waals surface area contributed by atoms with Crippen LogP contribution in [0.15, 0.2) is 24.3 Å². The van der Waals surface area contributed by atoms with Crippen LogP contribution in [0.4, 0.5) is 0 Å². The van der Waals surface area contributed by atoms with Crippen molar-refractivity contribution in [2.75, 3.05) is 39.4 Å². The fourth-order valence-electron chi connectivity index (χ4n) is 3.01. The van der Waals surface area contributed by atoms with Crippen LogP contribution in [0, 0.1) is 6.92 Å². The van der Waals surface area contributed by atoms with E-state index in [-0.39, 0.29) is 30.6 Å². The van der Waals surface area contributed by atoms with Gasteiger partial charge in [0.15, 0.2) is 0 Å². The summed E-state index contributed by atoms with van der Waals surface area (Å²) >= 11 is 0. The van der Waals surface area contributed by atoms with Gasteiger partial charge in [-0.25, -0.2) is 0 Å². The Morgan fingerprint density at radius 3 is 2.04 bits per heavy atom. The second-order valence-corrected chi connectivity index (χ2v) is 6.83. The second kappa shape index (κ2) is 11.3. The van der Waals surface area contributed by atoms with Gasteiger partial charge >= 0.3 is 5.97 Å². The molecule has 1 aliphatic rings. The number of hydrogen-bond donors (Lipinski definition) is 0. The highest BCUT2D eigenvalue weighted by Gasteiger charge is 2.24. The van der Waals surface area contributed by atoms with E-state index in [1.165, 1.54) is 5.56 Å². The van der Waals surface area contributed by atoms with Gasteiger partial charge in [-0.05, 0) is 32.4 Å². The summed E-state index contributed by atoms with van der Waals surface area (Å²) in [6.45, 7) is 6.66. The number of carbonyl (C=O) groups excluding carboxylic acids is 3. The molecule has 0 bridgehead atoms. The Kier molecular flexibility index (Phi) is 8.78. The number of nitrogens with zero attached hydrogens (tertiary/aromatic N) is 2. The number of piperazine rings is 1. The first-order chi connectivity index (χ1) is 13.5. The molecule has 7 heteroatoms. The summed E-state index contributed by atoms with van der Waals surface area (Å²) in [5, 5.41) is 0. The topological polar surface area (TPSA) is 76.2 Å². The average Bonchev–Trinajstić information content (AvgIpc) is 2.71. The molecule has 1 fully saturated rings. The third kappa shape index (κ3) is 7.21. The smallest absolute Gasteiger partial charge is 0.306 e. The van der Waals surface area contributed by atoms with Gasteiger partial charge in [0.25, 0.3) is 0 Å². The Morgan fingerprint density at radius 1 is 0.893 bits per heavy atom. The van der Waals surface area contributed by atoms with E-state index in [0.717, 1.165) is 5.75 Å². The van der Waals surface area contributed by atoms with Crippen LogP contribution in [-0.4, -0.2) is 67.0 Å². The molecule has 0 N–H and O–H groups in total. The maximum absolute atomic E-state index is 12.3. The third-order valence-corrected chi connectivity index (χ3v) is 4.66. The molecular weight excluding hydrogens is 360 g/mol. The molecule has 0 saturated carbocycles. The predicted octanol–water partition coefficient (Wildman–Crippen LogP) is 2.17. The molecular formula is C21H30N2O5. The monoisotopic (exact) mass is 390 g/mol. The Balaban J connectivity index is 1.61. The van der Waals surface area contributed by atoms with Crippen LogP contribution < -0.4 is 4.74 Å². The van der Waals surface area contributed by atoms with Crippen LogP contribution in [0.2, 0.25) is 0 Å². The molecule has 2 rings (SSSR count). The minimum atomic E-state index is -0.350. The number of benzene rings is 1. The van der Waals surface area contributed by atoms with E-state index in [9.17, 15) is 14.4 Å². The standard InChI is InChI=1S/C21H30N2O5/c1-3-27-21(26)11-10-20(25)23-14-12-22(13-15-23)19(24)5-4-16-28-18-8-6-17(2)7-9-18/h6-9H,3-5,10-16H2,1-2H3. The highest BCUT2D eigenvalue weighted by atomic mass is 16.5. The van der Waals surface area contributed by atoms with E-state index in [4.69, 9.17) is 9.47 Å². The van der Waals surface area contributed by atoms with Crippen molar-refractivity contribution in [1.82, 2.24) is 9.80 Å². The fourth-order valence-corrected chi connectivity index (χ4v) is 3.01. The summed E-state index contributed by atoms with van der Waals surface area (Å²) in [5.74, 6) is 0.489. The Labute approximate surface area is 166 Å². The molecule has 0 spiro atoms. The highest BCUT2D eigenvalue weighted by Crippen LogP contribution is 2.12. The number of aryl methyl sites for hydroxylation is 1. The number of hydrogen-bond acceptors (Lipinski definition) is 5. The molecule has 28 heavy (non-hydrogen) atoms. The van der Waals surface area contributed by atoms with E-state index in [1.807, 2.05) is 31.2 Å². The van der Waals surface area contributed by atoms with Gasteiger partial charge in [0.05, 0.1) is 19.6 Å². The zero-order valence-electron chi connectivity index (χ0n) is 16.8. The van der Waals surface area contributed by atoms with E-state index in [0.29, 0.717) is 52.2 Å². The molecule has 1 aliphatic heterocycles. The summed E-state index contributed by atoms with van der Waals surface area (Å²) in [4.78, 5) is 39.3. The van der Waals surface area contributed by atoms with Crippen LogP contribution in [0.3, 0.4) is 0 Å². The largest absolute Gasteiger partial charge is 0.494 e. The van der Waals surface area contributed by atoms with E-state index in [2.05, 4.69) is 0 Å². The highest BCUT2D eigenvalue weighted by molar-refractivity contribution is 5.82. The van der Waals surface area contributed by atoms with Crippen LogP contribution in [0.25, 0.3) is 0 Å². The number of amides is 2. The molecule has 154 valence electrons. The van der Waals surface area contributed by atoms with Crippen LogP contribution in [0.5, 0.6) is 5.75 Å². The summed E-state index contributed by atoms with van der Waals surface area (Å²) < 4.78 is 10.5. The van der Waals surface area contributed by atoms with E-state index in [1.54, 1.807) is 16.7 Å². The van der Waals surface area contributed by atoms with Crippen LogP contribution in [0.1, 0.15) is 38.2 Å². The van der Waals surface area contributed by atoms with Crippen molar-refractivity contribution in [2.24, 2.45) is 0 Å². The maximum Gasteiger partial charge on any atom is 0.306 e. The second-order valence-electron chi connectivity index (χ2n) is 6.83. The average molecular weight is 390 g/mol. The zero-order valence-corrected chi connectivity index (χ0v) is 16.8. The van der Waals surface area contributed by atoms with Gasteiger partial charge in [-0.15, -0.1) is 0 Å². The van der Waals surface area contributed by atoms with Crippen molar-refractivity contribution >= 4 is 17.8 Å². The zero-order chi connectivity index (χ0) is 20.4. The van der Waals surface area contributed by atoms with E-state index < -0.39 is 0 Å². The Hall–Kier alpha value is -2.57. The molecule has 2 amide bonds. The van der Waals surface area contributed by atoms with Crippen molar-refractivity contribution < 1.29 is 23.9 Å². The molecule has 7 nitrogen and oxygen atoms in total.